The highest BCUT2D eigenvalue weighted by atomic mass is 79.9. The third-order valence-corrected chi connectivity index (χ3v) is 6.01. The molecule has 6 heteroatoms. The normalized spacial score (nSPS) is 11.7. The lowest BCUT2D eigenvalue weighted by molar-refractivity contribution is -0.143. The molecule has 178 valence electrons. The molecule has 0 aromatic heterocycles. The van der Waals surface area contributed by atoms with Gasteiger partial charge in [-0.15, -0.1) is 0 Å². The molecule has 0 aliphatic carbocycles. The van der Waals surface area contributed by atoms with Gasteiger partial charge in [-0.25, -0.2) is 0 Å². The first kappa shape index (κ1) is 25.5. The number of carbonyl (C=O) groups excluding carboxylic acids is 2. The highest BCUT2D eigenvalue weighted by molar-refractivity contribution is 9.10. The zero-order valence-corrected chi connectivity index (χ0v) is 21.4. The number of benzene rings is 3. The van der Waals surface area contributed by atoms with Crippen molar-refractivity contribution in [2.75, 3.05) is 6.61 Å². The number of hydrogen-bond donors (Lipinski definition) is 1. The lowest BCUT2D eigenvalue weighted by Gasteiger charge is -2.32. The molecule has 2 amide bonds. The van der Waals surface area contributed by atoms with Crippen LogP contribution in [0.15, 0.2) is 83.3 Å². The molecule has 0 aliphatic rings. The molecule has 0 saturated carbocycles. The Hall–Kier alpha value is -3.12. The highest BCUT2D eigenvalue weighted by Gasteiger charge is 2.31. The minimum atomic E-state index is -0.676. The van der Waals surface area contributed by atoms with Gasteiger partial charge in [0.2, 0.25) is 5.91 Å². The van der Waals surface area contributed by atoms with Gasteiger partial charge in [-0.1, -0.05) is 70.5 Å². The van der Waals surface area contributed by atoms with Gasteiger partial charge in [-0.05, 0) is 61.7 Å². The van der Waals surface area contributed by atoms with Crippen LogP contribution in [-0.2, 0) is 22.6 Å². The lowest BCUT2D eigenvalue weighted by atomic mass is 10.0. The van der Waals surface area contributed by atoms with E-state index in [9.17, 15) is 9.59 Å². The zero-order chi connectivity index (χ0) is 24.5. The van der Waals surface area contributed by atoms with Crippen LogP contribution in [0.25, 0.3) is 0 Å². The van der Waals surface area contributed by atoms with Crippen molar-refractivity contribution < 1.29 is 14.3 Å². The van der Waals surface area contributed by atoms with Crippen molar-refractivity contribution in [3.63, 3.8) is 0 Å². The standard InChI is InChI=1S/C28H31BrN2O3/c1-20(2)30-28(33)26(17-22-10-5-4-6-11-22)31(18-23-12-8-7-9-21(23)3)27(32)19-34-25-15-13-24(29)14-16-25/h4-16,20,26H,17-19H2,1-3H3,(H,30,33)/t26-/m1/s1. The molecular weight excluding hydrogens is 492 g/mol. The first-order valence-electron chi connectivity index (χ1n) is 11.4. The Labute approximate surface area is 210 Å². The number of amides is 2. The molecule has 34 heavy (non-hydrogen) atoms. The Bertz CT molecular complexity index is 1080. The number of aryl methyl sites for hydroxylation is 1. The summed E-state index contributed by atoms with van der Waals surface area (Å²) in [6, 6.07) is 24.3. The van der Waals surface area contributed by atoms with Gasteiger partial charge >= 0.3 is 0 Å². The first-order valence-corrected chi connectivity index (χ1v) is 12.2. The van der Waals surface area contributed by atoms with Crippen LogP contribution in [0.5, 0.6) is 5.75 Å². The number of carbonyl (C=O) groups is 2. The second kappa shape index (κ2) is 12.4. The summed E-state index contributed by atoms with van der Waals surface area (Å²) in [6.45, 7) is 6.01. The van der Waals surface area contributed by atoms with E-state index >= 15 is 0 Å². The van der Waals surface area contributed by atoms with Crippen molar-refractivity contribution in [1.29, 1.82) is 0 Å². The van der Waals surface area contributed by atoms with Gasteiger partial charge in [-0.3, -0.25) is 9.59 Å². The largest absolute Gasteiger partial charge is 0.484 e. The molecule has 3 aromatic rings. The second-order valence-corrected chi connectivity index (χ2v) is 9.48. The topological polar surface area (TPSA) is 58.6 Å². The smallest absolute Gasteiger partial charge is 0.261 e. The third kappa shape index (κ3) is 7.45. The maximum atomic E-state index is 13.5. The van der Waals surface area contributed by atoms with Crippen LogP contribution in [0, 0.1) is 6.92 Å². The lowest BCUT2D eigenvalue weighted by Crippen LogP contribution is -2.52. The van der Waals surface area contributed by atoms with E-state index in [1.165, 1.54) is 0 Å². The van der Waals surface area contributed by atoms with Crippen LogP contribution in [0.1, 0.15) is 30.5 Å². The second-order valence-electron chi connectivity index (χ2n) is 8.56. The van der Waals surface area contributed by atoms with E-state index < -0.39 is 6.04 Å². The van der Waals surface area contributed by atoms with E-state index in [1.807, 2.05) is 87.5 Å². The summed E-state index contributed by atoms with van der Waals surface area (Å²) in [5.74, 6) is 0.175. The van der Waals surface area contributed by atoms with E-state index in [-0.39, 0.29) is 24.5 Å². The molecule has 0 bridgehead atoms. The van der Waals surface area contributed by atoms with Gasteiger partial charge in [0.15, 0.2) is 6.61 Å². The van der Waals surface area contributed by atoms with Crippen LogP contribution in [-0.4, -0.2) is 35.4 Å². The van der Waals surface area contributed by atoms with Gasteiger partial charge in [0.05, 0.1) is 0 Å². The van der Waals surface area contributed by atoms with Crippen LogP contribution in [0.4, 0.5) is 0 Å². The van der Waals surface area contributed by atoms with Crippen LogP contribution in [0.3, 0.4) is 0 Å². The molecule has 0 saturated heterocycles. The fourth-order valence-electron chi connectivity index (χ4n) is 3.66. The Morgan fingerprint density at radius 1 is 0.941 bits per heavy atom. The molecule has 3 aromatic carbocycles. The monoisotopic (exact) mass is 522 g/mol. The minimum Gasteiger partial charge on any atom is -0.484 e. The SMILES string of the molecule is Cc1ccccc1CN(C(=O)COc1ccc(Br)cc1)[C@H](Cc1ccccc1)C(=O)NC(C)C. The van der Waals surface area contributed by atoms with Gasteiger partial charge < -0.3 is 15.0 Å². The molecule has 0 spiro atoms. The van der Waals surface area contributed by atoms with Crippen LogP contribution >= 0.6 is 15.9 Å². The Kier molecular flexibility index (Phi) is 9.28. The minimum absolute atomic E-state index is 0.0415. The molecule has 0 radical (unpaired) electrons. The van der Waals surface area contributed by atoms with Gasteiger partial charge in [0, 0.05) is 23.5 Å². The van der Waals surface area contributed by atoms with Gasteiger partial charge in [-0.2, -0.15) is 0 Å². The molecule has 5 nitrogen and oxygen atoms in total. The number of halogens is 1. The maximum absolute atomic E-state index is 13.5. The highest BCUT2D eigenvalue weighted by Crippen LogP contribution is 2.19. The summed E-state index contributed by atoms with van der Waals surface area (Å²) in [5.41, 5.74) is 3.05. The summed E-state index contributed by atoms with van der Waals surface area (Å²) >= 11 is 3.40. The Morgan fingerprint density at radius 3 is 2.24 bits per heavy atom. The summed E-state index contributed by atoms with van der Waals surface area (Å²) < 4.78 is 6.72. The first-order chi connectivity index (χ1) is 16.3. The van der Waals surface area contributed by atoms with Crippen molar-refractivity contribution in [3.8, 4) is 5.75 Å². The quantitative estimate of drug-likeness (QED) is 0.393. The summed E-state index contributed by atoms with van der Waals surface area (Å²) in [4.78, 5) is 28.5. The maximum Gasteiger partial charge on any atom is 0.261 e. The summed E-state index contributed by atoms with van der Waals surface area (Å²) in [6.07, 6.45) is 0.412. The molecule has 3 rings (SSSR count). The summed E-state index contributed by atoms with van der Waals surface area (Å²) in [5, 5.41) is 3.00. The molecule has 0 aliphatic heterocycles. The predicted octanol–water partition coefficient (Wildman–Crippen LogP) is 5.30. The molecule has 0 unspecified atom stereocenters. The number of nitrogens with one attached hydrogen (secondary N) is 1. The number of nitrogens with zero attached hydrogens (tertiary/aromatic N) is 1. The number of rotatable bonds is 10. The zero-order valence-electron chi connectivity index (χ0n) is 19.8. The van der Waals surface area contributed by atoms with E-state index in [0.29, 0.717) is 18.7 Å². The van der Waals surface area contributed by atoms with E-state index in [4.69, 9.17) is 4.74 Å². The fourth-order valence-corrected chi connectivity index (χ4v) is 3.93. The molecule has 0 fully saturated rings. The predicted molar refractivity (Wildman–Crippen MR) is 139 cm³/mol. The molecular formula is C28H31BrN2O3. The fraction of sp³-hybridized carbons (Fsp3) is 0.286. The van der Waals surface area contributed by atoms with Gasteiger partial charge in [0.1, 0.15) is 11.8 Å². The van der Waals surface area contributed by atoms with E-state index in [1.54, 1.807) is 17.0 Å². The van der Waals surface area contributed by atoms with E-state index in [2.05, 4.69) is 21.2 Å². The van der Waals surface area contributed by atoms with Crippen molar-refractivity contribution in [3.05, 3.63) is 100 Å². The molecule has 0 heterocycles. The van der Waals surface area contributed by atoms with Crippen LogP contribution in [0.2, 0.25) is 0 Å². The molecule has 1 N–H and O–H groups in total. The van der Waals surface area contributed by atoms with Crippen LogP contribution < -0.4 is 10.1 Å². The number of ether oxygens (including phenoxy) is 1. The number of hydrogen-bond acceptors (Lipinski definition) is 3. The van der Waals surface area contributed by atoms with Crippen molar-refractivity contribution in [2.45, 2.75) is 45.8 Å². The third-order valence-electron chi connectivity index (χ3n) is 5.48. The van der Waals surface area contributed by atoms with Crippen molar-refractivity contribution in [2.24, 2.45) is 0 Å². The molecule has 1 atom stereocenters. The average molecular weight is 523 g/mol. The Balaban J connectivity index is 1.91. The summed E-state index contributed by atoms with van der Waals surface area (Å²) in [7, 11) is 0. The average Bonchev–Trinajstić information content (AvgIpc) is 2.82. The van der Waals surface area contributed by atoms with Crippen molar-refractivity contribution in [1.82, 2.24) is 10.2 Å². The van der Waals surface area contributed by atoms with Crippen molar-refractivity contribution >= 4 is 27.7 Å². The van der Waals surface area contributed by atoms with E-state index in [0.717, 1.165) is 21.2 Å². The Morgan fingerprint density at radius 2 is 1.59 bits per heavy atom. The van der Waals surface area contributed by atoms with Gasteiger partial charge in [0.25, 0.3) is 5.91 Å².